The first kappa shape index (κ1) is 19.1. The maximum absolute atomic E-state index is 12.2. The van der Waals surface area contributed by atoms with Crippen LogP contribution in [0.5, 0.6) is 5.75 Å². The molecule has 0 unspecified atom stereocenters. The number of hydrogen-bond acceptors (Lipinski definition) is 7. The number of para-hydroxylation sites is 1. The van der Waals surface area contributed by atoms with Crippen molar-refractivity contribution in [3.63, 3.8) is 0 Å². The van der Waals surface area contributed by atoms with Crippen LogP contribution in [0.15, 0.2) is 59.0 Å². The lowest BCUT2D eigenvalue weighted by atomic mass is 10.2. The minimum absolute atomic E-state index is 0.167. The molecule has 0 fully saturated rings. The van der Waals surface area contributed by atoms with Crippen molar-refractivity contribution >= 4 is 11.9 Å². The molecule has 0 saturated heterocycles. The molecule has 1 amide bonds. The second-order valence-corrected chi connectivity index (χ2v) is 5.64. The predicted octanol–water partition coefficient (Wildman–Crippen LogP) is 2.61. The molecule has 0 spiro atoms. The van der Waals surface area contributed by atoms with Crippen molar-refractivity contribution in [1.29, 1.82) is 0 Å². The molecule has 1 N–H and O–H groups in total. The van der Waals surface area contributed by atoms with Gasteiger partial charge in [0.1, 0.15) is 12.3 Å². The molecule has 0 aliphatic rings. The van der Waals surface area contributed by atoms with Crippen LogP contribution < -0.4 is 10.1 Å². The van der Waals surface area contributed by atoms with Crippen LogP contribution >= 0.6 is 0 Å². The lowest BCUT2D eigenvalue weighted by Crippen LogP contribution is -2.30. The number of nitrogens with one attached hydrogen (secondary N) is 1. The normalized spacial score (nSPS) is 10.3. The van der Waals surface area contributed by atoms with Gasteiger partial charge in [0.2, 0.25) is 5.89 Å². The first-order chi connectivity index (χ1) is 13.7. The van der Waals surface area contributed by atoms with Crippen molar-refractivity contribution in [3.05, 3.63) is 66.1 Å². The van der Waals surface area contributed by atoms with E-state index in [1.54, 1.807) is 24.3 Å². The van der Waals surface area contributed by atoms with Gasteiger partial charge in [0.25, 0.3) is 11.8 Å². The summed E-state index contributed by atoms with van der Waals surface area (Å²) in [6.45, 7) is 1.79. The molecule has 0 saturated carbocycles. The van der Waals surface area contributed by atoms with Crippen LogP contribution in [0, 0.1) is 0 Å². The van der Waals surface area contributed by atoms with Crippen molar-refractivity contribution in [2.24, 2.45) is 0 Å². The molecule has 0 bridgehead atoms. The number of hydrogen-bond donors (Lipinski definition) is 1. The van der Waals surface area contributed by atoms with Crippen LogP contribution in [-0.2, 0) is 16.1 Å². The summed E-state index contributed by atoms with van der Waals surface area (Å²) in [5.41, 5.74) is 1.12. The molecule has 144 valence electrons. The largest absolute Gasteiger partial charge is 0.493 e. The van der Waals surface area contributed by atoms with E-state index in [0.717, 1.165) is 5.56 Å². The summed E-state index contributed by atoms with van der Waals surface area (Å²) in [7, 11) is 0. The van der Waals surface area contributed by atoms with Crippen molar-refractivity contribution < 1.29 is 23.5 Å². The van der Waals surface area contributed by atoms with E-state index in [4.69, 9.17) is 13.9 Å². The van der Waals surface area contributed by atoms with E-state index in [2.05, 4.69) is 15.5 Å². The maximum Gasteiger partial charge on any atom is 0.325 e. The molecule has 28 heavy (non-hydrogen) atoms. The van der Waals surface area contributed by atoms with Gasteiger partial charge in [0, 0.05) is 5.56 Å². The van der Waals surface area contributed by atoms with Crippen LogP contribution in [0.4, 0.5) is 0 Å². The molecule has 8 heteroatoms. The van der Waals surface area contributed by atoms with Gasteiger partial charge >= 0.3 is 5.97 Å². The van der Waals surface area contributed by atoms with Gasteiger partial charge in [-0.3, -0.25) is 9.59 Å². The third-order valence-corrected chi connectivity index (χ3v) is 3.67. The van der Waals surface area contributed by atoms with Gasteiger partial charge in [0.15, 0.2) is 6.61 Å². The van der Waals surface area contributed by atoms with E-state index in [9.17, 15) is 9.59 Å². The fourth-order valence-electron chi connectivity index (χ4n) is 2.39. The standard InChI is InChI=1S/C20H19N3O5/c1-2-26-16-11-7-6-10-15(16)19(25)21-12-18(24)27-13-17-22-23-20(28-17)14-8-4-3-5-9-14/h3-11H,2,12-13H2,1H3,(H,21,25). The van der Waals surface area contributed by atoms with E-state index in [1.807, 2.05) is 37.3 Å². The zero-order chi connectivity index (χ0) is 19.8. The van der Waals surface area contributed by atoms with Crippen molar-refractivity contribution in [2.75, 3.05) is 13.2 Å². The van der Waals surface area contributed by atoms with Gasteiger partial charge in [-0.05, 0) is 31.2 Å². The molecule has 1 heterocycles. The molecule has 1 aromatic heterocycles. The molecule has 0 aliphatic carbocycles. The third-order valence-electron chi connectivity index (χ3n) is 3.67. The third kappa shape index (κ3) is 4.94. The quantitative estimate of drug-likeness (QED) is 0.598. The Kier molecular flexibility index (Phi) is 6.35. The number of rotatable bonds is 8. The molecular weight excluding hydrogens is 362 g/mol. The first-order valence-corrected chi connectivity index (χ1v) is 8.71. The smallest absolute Gasteiger partial charge is 0.325 e. The predicted molar refractivity (Wildman–Crippen MR) is 99.5 cm³/mol. The highest BCUT2D eigenvalue weighted by atomic mass is 16.5. The van der Waals surface area contributed by atoms with Gasteiger partial charge < -0.3 is 19.2 Å². The van der Waals surface area contributed by atoms with Gasteiger partial charge in [0.05, 0.1) is 12.2 Å². The summed E-state index contributed by atoms with van der Waals surface area (Å²) >= 11 is 0. The minimum atomic E-state index is -0.623. The summed E-state index contributed by atoms with van der Waals surface area (Å²) in [6, 6.07) is 16.0. The van der Waals surface area contributed by atoms with E-state index in [1.165, 1.54) is 0 Å². The SMILES string of the molecule is CCOc1ccccc1C(=O)NCC(=O)OCc1nnc(-c2ccccc2)o1. The Labute approximate surface area is 161 Å². The average Bonchev–Trinajstić information content (AvgIpc) is 3.21. The average molecular weight is 381 g/mol. The van der Waals surface area contributed by atoms with Crippen LogP contribution in [0.25, 0.3) is 11.5 Å². The van der Waals surface area contributed by atoms with Gasteiger partial charge in [-0.25, -0.2) is 0 Å². The Balaban J connectivity index is 1.49. The summed E-state index contributed by atoms with van der Waals surface area (Å²) in [5.74, 6) is -0.0882. The number of ether oxygens (including phenoxy) is 2. The number of carbonyl (C=O) groups is 2. The summed E-state index contributed by atoms with van der Waals surface area (Å²) in [5, 5.41) is 10.3. The molecule has 0 aliphatic heterocycles. The lowest BCUT2D eigenvalue weighted by Gasteiger charge is -2.10. The van der Waals surface area contributed by atoms with Crippen molar-refractivity contribution in [3.8, 4) is 17.2 Å². The Morgan fingerprint density at radius 3 is 2.57 bits per heavy atom. The highest BCUT2D eigenvalue weighted by Crippen LogP contribution is 2.18. The fraction of sp³-hybridized carbons (Fsp3) is 0.200. The molecule has 8 nitrogen and oxygen atoms in total. The maximum atomic E-state index is 12.2. The Bertz CT molecular complexity index is 940. The zero-order valence-electron chi connectivity index (χ0n) is 15.3. The summed E-state index contributed by atoms with van der Waals surface area (Å²) < 4.78 is 15.9. The van der Waals surface area contributed by atoms with Crippen LogP contribution in [0.1, 0.15) is 23.2 Å². The number of carbonyl (C=O) groups excluding carboxylic acids is 2. The highest BCUT2D eigenvalue weighted by Gasteiger charge is 2.15. The number of aromatic nitrogens is 2. The van der Waals surface area contributed by atoms with Crippen molar-refractivity contribution in [1.82, 2.24) is 15.5 Å². The zero-order valence-corrected chi connectivity index (χ0v) is 15.3. The number of amides is 1. The molecule has 2 aromatic carbocycles. The summed E-state index contributed by atoms with van der Waals surface area (Å²) in [4.78, 5) is 24.1. The number of esters is 1. The van der Waals surface area contributed by atoms with E-state index in [-0.39, 0.29) is 19.0 Å². The second kappa shape index (κ2) is 9.31. The highest BCUT2D eigenvalue weighted by molar-refractivity contribution is 5.98. The first-order valence-electron chi connectivity index (χ1n) is 8.71. The van der Waals surface area contributed by atoms with E-state index < -0.39 is 11.9 Å². The number of benzene rings is 2. The fourth-order valence-corrected chi connectivity index (χ4v) is 2.39. The minimum Gasteiger partial charge on any atom is -0.493 e. The Morgan fingerprint density at radius 2 is 1.79 bits per heavy atom. The topological polar surface area (TPSA) is 104 Å². The molecule has 3 rings (SSSR count). The van der Waals surface area contributed by atoms with Crippen molar-refractivity contribution in [2.45, 2.75) is 13.5 Å². The lowest BCUT2D eigenvalue weighted by molar-refractivity contribution is -0.144. The summed E-state index contributed by atoms with van der Waals surface area (Å²) in [6.07, 6.45) is 0. The molecule has 3 aromatic rings. The second-order valence-electron chi connectivity index (χ2n) is 5.64. The van der Waals surface area contributed by atoms with Gasteiger partial charge in [-0.2, -0.15) is 0 Å². The Hall–Kier alpha value is -3.68. The van der Waals surface area contributed by atoms with Gasteiger partial charge in [-0.1, -0.05) is 30.3 Å². The van der Waals surface area contributed by atoms with Crippen LogP contribution in [0.3, 0.4) is 0 Å². The van der Waals surface area contributed by atoms with E-state index >= 15 is 0 Å². The van der Waals surface area contributed by atoms with Gasteiger partial charge in [-0.15, -0.1) is 10.2 Å². The van der Waals surface area contributed by atoms with E-state index in [0.29, 0.717) is 23.8 Å². The Morgan fingerprint density at radius 1 is 1.04 bits per heavy atom. The molecular formula is C20H19N3O5. The monoisotopic (exact) mass is 381 g/mol. The van der Waals surface area contributed by atoms with Crippen LogP contribution in [-0.4, -0.2) is 35.2 Å². The van der Waals surface area contributed by atoms with Crippen LogP contribution in [0.2, 0.25) is 0 Å². The molecule has 0 atom stereocenters. The number of nitrogens with zero attached hydrogens (tertiary/aromatic N) is 2. The molecule has 0 radical (unpaired) electrons.